The van der Waals surface area contributed by atoms with Gasteiger partial charge >= 0.3 is 0 Å². The fourth-order valence-corrected chi connectivity index (χ4v) is 1.07. The molecule has 0 aliphatic heterocycles. The molecular weight excluding hydrogens is 186 g/mol. The number of aromatic nitrogens is 3. The maximum absolute atomic E-state index is 4.10. The van der Waals surface area contributed by atoms with Gasteiger partial charge in [-0.25, -0.2) is 0 Å². The molecular formula is C12H17N3. The lowest BCUT2D eigenvalue weighted by Crippen LogP contribution is -1.99. The molecule has 0 saturated carbocycles. The molecule has 0 aromatic carbocycles. The second kappa shape index (κ2) is 6.76. The van der Waals surface area contributed by atoms with Gasteiger partial charge in [-0.15, -0.1) is 0 Å². The molecule has 80 valence electrons. The van der Waals surface area contributed by atoms with Crippen molar-refractivity contribution in [2.75, 3.05) is 0 Å². The zero-order valence-corrected chi connectivity index (χ0v) is 9.30. The van der Waals surface area contributed by atoms with Crippen LogP contribution in [0.2, 0.25) is 0 Å². The van der Waals surface area contributed by atoms with Crippen molar-refractivity contribution in [2.24, 2.45) is 0 Å². The Kier molecular flexibility index (Phi) is 5.15. The van der Waals surface area contributed by atoms with Gasteiger partial charge in [-0.3, -0.25) is 9.67 Å². The van der Waals surface area contributed by atoms with E-state index in [0.29, 0.717) is 0 Å². The van der Waals surface area contributed by atoms with E-state index in [1.165, 1.54) is 12.0 Å². The average Bonchev–Trinajstić information content (AvgIpc) is 2.73. The predicted molar refractivity (Wildman–Crippen MR) is 61.5 cm³/mol. The topological polar surface area (TPSA) is 30.7 Å². The summed E-state index contributed by atoms with van der Waals surface area (Å²) in [5.41, 5.74) is 1.17. The van der Waals surface area contributed by atoms with Crippen LogP contribution in [0, 0.1) is 0 Å². The zero-order chi connectivity index (χ0) is 10.9. The van der Waals surface area contributed by atoms with Crippen molar-refractivity contribution in [3.63, 3.8) is 0 Å². The number of hydrogen-bond acceptors (Lipinski definition) is 2. The van der Waals surface area contributed by atoms with Crippen molar-refractivity contribution in [3.05, 3.63) is 48.5 Å². The van der Waals surface area contributed by atoms with Gasteiger partial charge in [0.05, 0.1) is 6.54 Å². The molecule has 3 heteroatoms. The fourth-order valence-electron chi connectivity index (χ4n) is 1.07. The highest BCUT2D eigenvalue weighted by molar-refractivity contribution is 5.08. The third kappa shape index (κ3) is 4.40. The predicted octanol–water partition coefficient (Wildman–Crippen LogP) is 2.74. The Balaban J connectivity index is 0.000000337. The van der Waals surface area contributed by atoms with Gasteiger partial charge in [0.25, 0.3) is 0 Å². The van der Waals surface area contributed by atoms with Crippen LogP contribution in [-0.2, 0) is 6.54 Å². The lowest BCUT2D eigenvalue weighted by molar-refractivity contribution is 0.685. The highest BCUT2D eigenvalue weighted by Gasteiger charge is 1.92. The molecule has 0 unspecified atom stereocenters. The number of nitrogens with zero attached hydrogens (tertiary/aromatic N) is 3. The standard InChI is InChI=1S/C9H9N3.C3H8/c1-3-9(7-10-4-1)8-12-6-2-5-11-12;1-3-2/h1-7H,8H2;3H2,1-2H3. The van der Waals surface area contributed by atoms with Crippen molar-refractivity contribution in [1.29, 1.82) is 0 Å². The lowest BCUT2D eigenvalue weighted by Gasteiger charge is -1.99. The summed E-state index contributed by atoms with van der Waals surface area (Å²) >= 11 is 0. The van der Waals surface area contributed by atoms with Gasteiger partial charge in [-0.05, 0) is 17.7 Å². The van der Waals surface area contributed by atoms with E-state index in [0.717, 1.165) is 6.54 Å². The largest absolute Gasteiger partial charge is 0.268 e. The minimum atomic E-state index is 0.792. The van der Waals surface area contributed by atoms with Crippen molar-refractivity contribution >= 4 is 0 Å². The molecule has 0 amide bonds. The molecule has 0 spiro atoms. The van der Waals surface area contributed by atoms with E-state index in [1.807, 2.05) is 35.3 Å². The molecule has 0 radical (unpaired) electrons. The summed E-state index contributed by atoms with van der Waals surface area (Å²) in [5, 5.41) is 4.10. The van der Waals surface area contributed by atoms with Gasteiger partial charge in [-0.1, -0.05) is 26.3 Å². The van der Waals surface area contributed by atoms with Crippen LogP contribution < -0.4 is 0 Å². The van der Waals surface area contributed by atoms with Crippen LogP contribution >= 0.6 is 0 Å². The van der Waals surface area contributed by atoms with Crippen LogP contribution in [0.25, 0.3) is 0 Å². The summed E-state index contributed by atoms with van der Waals surface area (Å²) in [6, 6.07) is 5.88. The van der Waals surface area contributed by atoms with Gasteiger partial charge in [0, 0.05) is 24.8 Å². The van der Waals surface area contributed by atoms with Gasteiger partial charge in [0.2, 0.25) is 0 Å². The SMILES string of the molecule is CCC.c1cncc(Cn2cccn2)c1. The second-order valence-corrected chi connectivity index (χ2v) is 3.27. The van der Waals surface area contributed by atoms with Gasteiger partial charge in [0.15, 0.2) is 0 Å². The first-order valence-corrected chi connectivity index (χ1v) is 5.23. The van der Waals surface area contributed by atoms with E-state index in [2.05, 4.69) is 23.9 Å². The Morgan fingerprint density at radius 2 is 2.00 bits per heavy atom. The molecule has 15 heavy (non-hydrogen) atoms. The average molecular weight is 203 g/mol. The Labute approximate surface area is 90.8 Å². The Morgan fingerprint density at radius 3 is 2.53 bits per heavy atom. The molecule has 2 aromatic heterocycles. The summed E-state index contributed by atoms with van der Waals surface area (Å²) < 4.78 is 1.87. The third-order valence-corrected chi connectivity index (χ3v) is 1.63. The molecule has 0 atom stereocenters. The third-order valence-electron chi connectivity index (χ3n) is 1.63. The first-order chi connectivity index (χ1) is 7.36. The lowest BCUT2D eigenvalue weighted by atomic mass is 10.3. The quantitative estimate of drug-likeness (QED) is 0.751. The van der Waals surface area contributed by atoms with Gasteiger partial charge in [0.1, 0.15) is 0 Å². The minimum absolute atomic E-state index is 0.792. The number of rotatable bonds is 2. The summed E-state index contributed by atoms with van der Waals surface area (Å²) in [7, 11) is 0. The monoisotopic (exact) mass is 203 g/mol. The van der Waals surface area contributed by atoms with Gasteiger partial charge in [-0.2, -0.15) is 5.10 Å². The minimum Gasteiger partial charge on any atom is -0.268 e. The van der Waals surface area contributed by atoms with E-state index in [9.17, 15) is 0 Å². The smallest absolute Gasteiger partial charge is 0.0674 e. The Bertz CT molecular complexity index is 340. The molecule has 0 aliphatic rings. The Morgan fingerprint density at radius 1 is 1.20 bits per heavy atom. The first-order valence-electron chi connectivity index (χ1n) is 5.23. The maximum atomic E-state index is 4.10. The fraction of sp³-hybridized carbons (Fsp3) is 0.333. The zero-order valence-electron chi connectivity index (χ0n) is 9.30. The molecule has 0 N–H and O–H groups in total. The molecule has 0 fully saturated rings. The number of hydrogen-bond donors (Lipinski definition) is 0. The highest BCUT2D eigenvalue weighted by Crippen LogP contribution is 1.98. The van der Waals surface area contributed by atoms with Crippen molar-refractivity contribution in [3.8, 4) is 0 Å². The van der Waals surface area contributed by atoms with Gasteiger partial charge < -0.3 is 0 Å². The van der Waals surface area contributed by atoms with Crippen LogP contribution in [0.4, 0.5) is 0 Å². The van der Waals surface area contributed by atoms with E-state index >= 15 is 0 Å². The van der Waals surface area contributed by atoms with Crippen LogP contribution in [0.3, 0.4) is 0 Å². The normalized spacial score (nSPS) is 9.20. The molecule has 3 nitrogen and oxygen atoms in total. The van der Waals surface area contributed by atoms with Crippen LogP contribution in [0.1, 0.15) is 25.8 Å². The summed E-state index contributed by atoms with van der Waals surface area (Å²) in [6.07, 6.45) is 8.58. The summed E-state index contributed by atoms with van der Waals surface area (Å²) in [4.78, 5) is 4.02. The molecule has 0 aliphatic carbocycles. The van der Waals surface area contributed by atoms with E-state index < -0.39 is 0 Å². The summed E-state index contributed by atoms with van der Waals surface area (Å²) in [5.74, 6) is 0. The van der Waals surface area contributed by atoms with Crippen molar-refractivity contribution in [1.82, 2.24) is 14.8 Å². The molecule has 2 rings (SSSR count). The van der Waals surface area contributed by atoms with E-state index in [-0.39, 0.29) is 0 Å². The van der Waals surface area contributed by atoms with Crippen LogP contribution in [-0.4, -0.2) is 14.8 Å². The molecule has 2 heterocycles. The second-order valence-electron chi connectivity index (χ2n) is 3.27. The van der Waals surface area contributed by atoms with E-state index in [4.69, 9.17) is 0 Å². The molecule has 0 saturated heterocycles. The van der Waals surface area contributed by atoms with Crippen molar-refractivity contribution in [2.45, 2.75) is 26.8 Å². The highest BCUT2D eigenvalue weighted by atomic mass is 15.3. The van der Waals surface area contributed by atoms with Crippen LogP contribution in [0.5, 0.6) is 0 Å². The van der Waals surface area contributed by atoms with Crippen molar-refractivity contribution < 1.29 is 0 Å². The summed E-state index contributed by atoms with van der Waals surface area (Å²) in [6.45, 7) is 5.04. The maximum Gasteiger partial charge on any atom is 0.0674 e. The van der Waals surface area contributed by atoms with E-state index in [1.54, 1.807) is 12.4 Å². The Hall–Kier alpha value is -1.64. The van der Waals surface area contributed by atoms with Crippen LogP contribution in [0.15, 0.2) is 43.0 Å². The first kappa shape index (κ1) is 11.4. The molecule has 0 bridgehead atoms. The number of pyridine rings is 1. The molecule has 2 aromatic rings.